The van der Waals surface area contributed by atoms with Crippen LogP contribution in [-0.4, -0.2) is 54.2 Å². The molecule has 6 N–H and O–H groups in total. The second-order valence-electron chi connectivity index (χ2n) is 7.79. The molecule has 1 aromatic carbocycles. The predicted octanol–water partition coefficient (Wildman–Crippen LogP) is 4.36. The Morgan fingerprint density at radius 2 is 2.08 bits per heavy atom. The third kappa shape index (κ3) is 15.0. The van der Waals surface area contributed by atoms with Crippen molar-refractivity contribution in [3.8, 4) is 0 Å². The smallest absolute Gasteiger partial charge is 0.121 e. The lowest BCUT2D eigenvalue weighted by molar-refractivity contribution is -0.0980. The van der Waals surface area contributed by atoms with Gasteiger partial charge in [0.25, 0.3) is 0 Å². The van der Waals surface area contributed by atoms with Crippen molar-refractivity contribution in [2.75, 3.05) is 32.1 Å². The zero-order valence-corrected chi connectivity index (χ0v) is 22.6. The fourth-order valence-corrected chi connectivity index (χ4v) is 2.80. The van der Waals surface area contributed by atoms with E-state index >= 15 is 0 Å². The molecule has 9 heteroatoms. The quantitative estimate of drug-likeness (QED) is 0.0825. The topological polar surface area (TPSA) is 143 Å². The van der Waals surface area contributed by atoms with Gasteiger partial charge in [-0.1, -0.05) is 43.7 Å². The minimum atomic E-state index is -0.459. The van der Waals surface area contributed by atoms with Crippen molar-refractivity contribution in [1.82, 2.24) is 14.9 Å². The van der Waals surface area contributed by atoms with Crippen LogP contribution in [0.25, 0.3) is 0 Å². The number of carbonyl (C=O) groups is 1. The first-order chi connectivity index (χ1) is 17.9. The molecule has 0 spiro atoms. The van der Waals surface area contributed by atoms with Gasteiger partial charge in [-0.25, -0.2) is 9.97 Å². The normalized spacial score (nSPS) is 11.7. The Hall–Kier alpha value is -3.82. The van der Waals surface area contributed by atoms with Crippen LogP contribution in [0.1, 0.15) is 44.1 Å². The molecule has 1 unspecified atom stereocenters. The number of anilines is 1. The minimum Gasteiger partial charge on any atom is -0.494 e. The molecule has 0 saturated heterocycles. The highest BCUT2D eigenvalue weighted by atomic mass is 16.5. The summed E-state index contributed by atoms with van der Waals surface area (Å²) in [6, 6.07) is 9.79. The molecule has 1 heterocycles. The highest BCUT2D eigenvalue weighted by molar-refractivity contribution is 5.83. The predicted molar refractivity (Wildman–Crippen MR) is 153 cm³/mol. The first kappa shape index (κ1) is 33.2. The molecule has 202 valence electrons. The van der Waals surface area contributed by atoms with E-state index in [-0.39, 0.29) is 0 Å². The SMILES string of the molecule is C=O.C\C=C/C(=C\C=C\CN)OCCCC.Cc1cccc(NCC(=N)N(C)C(N)c2ccncn2)c1. The molecule has 1 atom stereocenters. The number of nitrogens with zero attached hydrogens (tertiary/aromatic N) is 3. The van der Waals surface area contributed by atoms with Gasteiger partial charge in [-0.2, -0.15) is 0 Å². The van der Waals surface area contributed by atoms with Crippen LogP contribution < -0.4 is 16.8 Å². The number of aromatic nitrogens is 2. The van der Waals surface area contributed by atoms with Gasteiger partial charge >= 0.3 is 0 Å². The third-order valence-corrected chi connectivity index (χ3v) is 4.86. The Morgan fingerprint density at radius 3 is 2.68 bits per heavy atom. The van der Waals surface area contributed by atoms with E-state index in [2.05, 4.69) is 22.2 Å². The van der Waals surface area contributed by atoms with E-state index < -0.39 is 6.17 Å². The lowest BCUT2D eigenvalue weighted by Crippen LogP contribution is -2.39. The molecule has 0 bridgehead atoms. The van der Waals surface area contributed by atoms with E-state index in [0.717, 1.165) is 30.9 Å². The average molecular weight is 510 g/mol. The maximum absolute atomic E-state index is 8.12. The molecule has 2 rings (SSSR count). The van der Waals surface area contributed by atoms with E-state index in [9.17, 15) is 0 Å². The van der Waals surface area contributed by atoms with Gasteiger partial charge in [0, 0.05) is 25.5 Å². The van der Waals surface area contributed by atoms with Crippen molar-refractivity contribution in [1.29, 1.82) is 5.41 Å². The Labute approximate surface area is 221 Å². The Balaban J connectivity index is 0.000000709. The molecule has 0 radical (unpaired) electrons. The summed E-state index contributed by atoms with van der Waals surface area (Å²) in [7, 11) is 1.78. The minimum absolute atomic E-state index is 0.391. The number of benzene rings is 1. The number of carbonyl (C=O) groups excluding carboxylic acids is 1. The number of hydrogen-bond acceptors (Lipinski definition) is 8. The monoisotopic (exact) mass is 509 g/mol. The van der Waals surface area contributed by atoms with Crippen LogP contribution in [0, 0.1) is 12.3 Å². The molecule has 9 nitrogen and oxygen atoms in total. The van der Waals surface area contributed by atoms with E-state index in [1.807, 2.05) is 75.3 Å². The number of unbranched alkanes of at least 4 members (excludes halogenated alkanes) is 1. The molecular weight excluding hydrogens is 466 g/mol. The number of likely N-dealkylation sites (N-methyl/N-ethyl adjacent to an activating group) is 1. The lowest BCUT2D eigenvalue weighted by atomic mass is 10.2. The van der Waals surface area contributed by atoms with Crippen LogP contribution in [0.15, 0.2) is 79.0 Å². The standard InChI is InChI=1S/C15H20N6.C12H21NO.CH2O/c1-11-4-3-5-12(8-11)19-9-14(16)21(2)15(17)13-6-7-18-10-20-13;1-3-5-11-14-12(8-4-2)9-6-7-10-13;1-2/h3-8,10,15-16,19H,9,17H2,1-2H3;4,6-9H,3,5,10-11,13H2,1-2H3;1H2/b;7-6+,8-4-,12-9+;. The summed E-state index contributed by atoms with van der Waals surface area (Å²) >= 11 is 0. The third-order valence-electron chi connectivity index (χ3n) is 4.86. The van der Waals surface area contributed by atoms with Crippen molar-refractivity contribution >= 4 is 18.3 Å². The molecule has 0 aliphatic heterocycles. The van der Waals surface area contributed by atoms with Crippen LogP contribution in [0.2, 0.25) is 0 Å². The van der Waals surface area contributed by atoms with E-state index in [0.29, 0.717) is 24.6 Å². The number of nitrogens with two attached hydrogens (primary N) is 2. The highest BCUT2D eigenvalue weighted by Crippen LogP contribution is 2.12. The molecule has 0 aliphatic carbocycles. The van der Waals surface area contributed by atoms with Crippen molar-refractivity contribution in [2.24, 2.45) is 11.5 Å². The van der Waals surface area contributed by atoms with Crippen molar-refractivity contribution in [3.63, 3.8) is 0 Å². The number of rotatable bonds is 12. The summed E-state index contributed by atoms with van der Waals surface area (Å²) in [6.07, 6.45) is 14.6. The van der Waals surface area contributed by atoms with Crippen molar-refractivity contribution in [2.45, 2.75) is 39.8 Å². The lowest BCUT2D eigenvalue weighted by Gasteiger charge is -2.26. The van der Waals surface area contributed by atoms with E-state index in [1.54, 1.807) is 24.2 Å². The van der Waals surface area contributed by atoms with E-state index in [1.165, 1.54) is 11.9 Å². The van der Waals surface area contributed by atoms with Crippen LogP contribution in [0.5, 0.6) is 0 Å². The summed E-state index contributed by atoms with van der Waals surface area (Å²) in [6.45, 7) is 9.91. The van der Waals surface area contributed by atoms with E-state index in [4.69, 9.17) is 26.4 Å². The zero-order valence-electron chi connectivity index (χ0n) is 22.6. The summed E-state index contributed by atoms with van der Waals surface area (Å²) in [5.41, 5.74) is 14.3. The van der Waals surface area contributed by atoms with Crippen LogP contribution in [-0.2, 0) is 9.53 Å². The number of nitrogens with one attached hydrogen (secondary N) is 2. The molecule has 37 heavy (non-hydrogen) atoms. The zero-order chi connectivity index (χ0) is 27.9. The molecule has 0 saturated carbocycles. The second-order valence-corrected chi connectivity index (χ2v) is 7.79. The van der Waals surface area contributed by atoms with Gasteiger partial charge in [-0.3, -0.25) is 5.41 Å². The largest absolute Gasteiger partial charge is 0.494 e. The second kappa shape index (κ2) is 21.5. The molecular formula is C28H43N7O2. The van der Waals surface area contributed by atoms with Gasteiger partial charge in [0.05, 0.1) is 18.8 Å². The molecule has 0 amide bonds. The molecule has 0 aliphatic rings. The van der Waals surface area contributed by atoms with Crippen LogP contribution >= 0.6 is 0 Å². The van der Waals surface area contributed by atoms with Gasteiger partial charge in [0.15, 0.2) is 0 Å². The number of amidine groups is 1. The summed E-state index contributed by atoms with van der Waals surface area (Å²) < 4.78 is 5.55. The van der Waals surface area contributed by atoms with Crippen LogP contribution in [0.4, 0.5) is 5.69 Å². The van der Waals surface area contributed by atoms with Gasteiger partial charge in [-0.15, -0.1) is 0 Å². The van der Waals surface area contributed by atoms with Gasteiger partial charge in [0.2, 0.25) is 0 Å². The van der Waals surface area contributed by atoms with Crippen molar-refractivity contribution < 1.29 is 9.53 Å². The molecule has 0 fully saturated rings. The Morgan fingerprint density at radius 1 is 1.32 bits per heavy atom. The van der Waals surface area contributed by atoms with Gasteiger partial charge in [0.1, 0.15) is 30.9 Å². The maximum atomic E-state index is 8.12. The maximum Gasteiger partial charge on any atom is 0.121 e. The fraction of sp³-hybridized carbons (Fsp3) is 0.357. The number of hydrogen-bond donors (Lipinski definition) is 4. The first-order valence-corrected chi connectivity index (χ1v) is 12.2. The molecule has 1 aromatic heterocycles. The highest BCUT2D eigenvalue weighted by Gasteiger charge is 2.15. The average Bonchev–Trinajstić information content (AvgIpc) is 2.93. The number of aryl methyl sites for hydroxylation is 1. The Bertz CT molecular complexity index is 962. The molecule has 2 aromatic rings. The number of allylic oxidation sites excluding steroid dienone is 4. The van der Waals surface area contributed by atoms with Gasteiger partial charge < -0.3 is 31.2 Å². The van der Waals surface area contributed by atoms with Crippen LogP contribution in [0.3, 0.4) is 0 Å². The summed E-state index contributed by atoms with van der Waals surface area (Å²) in [5.74, 6) is 1.29. The fourth-order valence-electron chi connectivity index (χ4n) is 2.80. The summed E-state index contributed by atoms with van der Waals surface area (Å²) in [5, 5.41) is 11.3. The first-order valence-electron chi connectivity index (χ1n) is 12.2. The Kier molecular flexibility index (Phi) is 19.2. The van der Waals surface area contributed by atoms with Gasteiger partial charge in [-0.05, 0) is 56.2 Å². The number of ether oxygens (including phenoxy) is 1. The summed E-state index contributed by atoms with van der Waals surface area (Å²) in [4.78, 5) is 17.7. The van der Waals surface area contributed by atoms with Crippen molar-refractivity contribution in [3.05, 3.63) is 90.3 Å².